The lowest BCUT2D eigenvalue weighted by Crippen LogP contribution is -2.50. The maximum absolute atomic E-state index is 13.1. The molecule has 0 aromatic heterocycles. The van der Waals surface area contributed by atoms with E-state index in [1.165, 1.54) is 0 Å². The van der Waals surface area contributed by atoms with Gasteiger partial charge in [-0.3, -0.25) is 9.59 Å². The van der Waals surface area contributed by atoms with E-state index in [1.807, 2.05) is 20.8 Å². The average Bonchev–Trinajstić information content (AvgIpc) is 2.95. The van der Waals surface area contributed by atoms with Crippen LogP contribution >= 0.6 is 0 Å². The zero-order chi connectivity index (χ0) is 19.0. The highest BCUT2D eigenvalue weighted by Gasteiger charge is 2.42. The molecule has 0 bridgehead atoms. The van der Waals surface area contributed by atoms with Crippen molar-refractivity contribution < 1.29 is 28.5 Å². The van der Waals surface area contributed by atoms with Crippen molar-refractivity contribution in [1.82, 2.24) is 4.90 Å². The fraction of sp³-hybridized carbons (Fsp3) is 0.889. The molecule has 1 rings (SSSR count). The number of methoxy groups -OCH3 is 2. The summed E-state index contributed by atoms with van der Waals surface area (Å²) in [5.41, 5.74) is -0.557. The lowest BCUT2D eigenvalue weighted by Gasteiger charge is -2.33. The molecule has 0 N–H and O–H groups in total. The Labute approximate surface area is 150 Å². The molecule has 25 heavy (non-hydrogen) atoms. The van der Waals surface area contributed by atoms with E-state index < -0.39 is 11.3 Å². The SMILES string of the molecule is COCOC[C@@H]1CC[C@@H](COCOC)N1C(=O)[C@H](C)C(=O)C(C)(C)C. The third-order valence-electron chi connectivity index (χ3n) is 4.40. The molecule has 0 aromatic carbocycles. The van der Waals surface area contributed by atoms with Crippen LogP contribution in [0, 0.1) is 11.3 Å². The predicted molar refractivity (Wildman–Crippen MR) is 92.9 cm³/mol. The van der Waals surface area contributed by atoms with Gasteiger partial charge in [0.05, 0.1) is 31.2 Å². The smallest absolute Gasteiger partial charge is 0.233 e. The number of nitrogens with zero attached hydrogens (tertiary/aromatic N) is 1. The molecular formula is C18H33NO6. The van der Waals surface area contributed by atoms with Crippen LogP contribution in [0.25, 0.3) is 0 Å². The summed E-state index contributed by atoms with van der Waals surface area (Å²) in [4.78, 5) is 27.4. The van der Waals surface area contributed by atoms with Crippen molar-refractivity contribution in [3.63, 3.8) is 0 Å². The molecule has 0 unspecified atom stereocenters. The van der Waals surface area contributed by atoms with E-state index in [0.717, 1.165) is 12.8 Å². The Morgan fingerprint density at radius 3 is 1.80 bits per heavy atom. The molecule has 3 atom stereocenters. The quantitative estimate of drug-likeness (QED) is 0.337. The van der Waals surface area contributed by atoms with Crippen LogP contribution in [0.1, 0.15) is 40.5 Å². The van der Waals surface area contributed by atoms with Crippen molar-refractivity contribution in [2.75, 3.05) is 41.0 Å². The van der Waals surface area contributed by atoms with Crippen LogP contribution in [-0.2, 0) is 28.5 Å². The molecule has 1 amide bonds. The fourth-order valence-corrected chi connectivity index (χ4v) is 3.17. The van der Waals surface area contributed by atoms with Gasteiger partial charge in [0.1, 0.15) is 19.4 Å². The maximum Gasteiger partial charge on any atom is 0.233 e. The molecule has 1 heterocycles. The van der Waals surface area contributed by atoms with Crippen LogP contribution in [0.3, 0.4) is 0 Å². The molecule has 0 radical (unpaired) electrons. The van der Waals surface area contributed by atoms with Gasteiger partial charge in [0.2, 0.25) is 5.91 Å². The number of carbonyl (C=O) groups excluding carboxylic acids is 2. The van der Waals surface area contributed by atoms with Gasteiger partial charge in [-0.25, -0.2) is 0 Å². The topological polar surface area (TPSA) is 74.3 Å². The summed E-state index contributed by atoms with van der Waals surface area (Å²) in [6.07, 6.45) is 1.62. The van der Waals surface area contributed by atoms with Crippen molar-refractivity contribution in [3.05, 3.63) is 0 Å². The van der Waals surface area contributed by atoms with Gasteiger partial charge in [-0.05, 0) is 19.8 Å². The third kappa shape index (κ3) is 6.33. The second kappa shape index (κ2) is 10.2. The van der Waals surface area contributed by atoms with E-state index in [0.29, 0.717) is 13.2 Å². The van der Waals surface area contributed by atoms with Gasteiger partial charge in [0, 0.05) is 19.6 Å². The molecule has 7 heteroatoms. The van der Waals surface area contributed by atoms with Crippen LogP contribution in [0.4, 0.5) is 0 Å². The number of ketones is 1. The van der Waals surface area contributed by atoms with Gasteiger partial charge in [-0.1, -0.05) is 20.8 Å². The minimum Gasteiger partial charge on any atom is -0.359 e. The first-order chi connectivity index (χ1) is 11.7. The van der Waals surface area contributed by atoms with Crippen LogP contribution in [-0.4, -0.2) is 69.7 Å². The van der Waals surface area contributed by atoms with Crippen molar-refractivity contribution >= 4 is 11.7 Å². The standard InChI is InChI=1S/C18H33NO6/c1-13(16(20)18(2,3)4)17(21)19-14(9-24-11-22-5)7-8-15(19)10-25-12-23-6/h13-15H,7-12H2,1-6H3/t13-,14+,15+/m1/s1. The first-order valence-corrected chi connectivity index (χ1v) is 8.73. The molecule has 146 valence electrons. The average molecular weight is 359 g/mol. The number of ether oxygens (including phenoxy) is 4. The second-order valence-corrected chi connectivity index (χ2v) is 7.52. The Morgan fingerprint density at radius 1 is 1.00 bits per heavy atom. The van der Waals surface area contributed by atoms with E-state index in [4.69, 9.17) is 18.9 Å². The Kier molecular flexibility index (Phi) is 8.99. The lowest BCUT2D eigenvalue weighted by atomic mass is 9.83. The minimum absolute atomic E-state index is 0.0579. The number of rotatable bonds is 10. The van der Waals surface area contributed by atoms with Crippen molar-refractivity contribution in [3.8, 4) is 0 Å². The number of carbonyl (C=O) groups is 2. The highest BCUT2D eigenvalue weighted by atomic mass is 16.7. The van der Waals surface area contributed by atoms with E-state index >= 15 is 0 Å². The van der Waals surface area contributed by atoms with Crippen molar-refractivity contribution in [1.29, 1.82) is 0 Å². The molecule has 1 aliphatic heterocycles. The van der Waals surface area contributed by atoms with Crippen LogP contribution in [0.5, 0.6) is 0 Å². The molecule has 0 aliphatic carbocycles. The Morgan fingerprint density at radius 2 is 1.44 bits per heavy atom. The van der Waals surface area contributed by atoms with Gasteiger partial charge in [0.25, 0.3) is 0 Å². The van der Waals surface area contributed by atoms with Gasteiger partial charge in [-0.15, -0.1) is 0 Å². The Balaban J connectivity index is 2.85. The number of amides is 1. The molecule has 1 saturated heterocycles. The Bertz CT molecular complexity index is 416. The first kappa shape index (κ1) is 22.0. The van der Waals surface area contributed by atoms with Gasteiger partial charge >= 0.3 is 0 Å². The summed E-state index contributed by atoms with van der Waals surface area (Å²) in [5, 5.41) is 0. The summed E-state index contributed by atoms with van der Waals surface area (Å²) >= 11 is 0. The molecule has 1 fully saturated rings. The van der Waals surface area contributed by atoms with E-state index in [9.17, 15) is 9.59 Å². The van der Waals surface area contributed by atoms with Crippen molar-refractivity contribution in [2.45, 2.75) is 52.6 Å². The van der Waals surface area contributed by atoms with Gasteiger partial charge in [0.15, 0.2) is 0 Å². The maximum atomic E-state index is 13.1. The monoisotopic (exact) mass is 359 g/mol. The van der Waals surface area contributed by atoms with Crippen molar-refractivity contribution in [2.24, 2.45) is 11.3 Å². The summed E-state index contributed by atoms with van der Waals surface area (Å²) in [5.74, 6) is -0.903. The van der Waals surface area contributed by atoms with Gasteiger partial charge < -0.3 is 23.8 Å². The highest BCUT2D eigenvalue weighted by Crippen LogP contribution is 2.29. The lowest BCUT2D eigenvalue weighted by molar-refractivity contribution is -0.149. The van der Waals surface area contributed by atoms with E-state index in [1.54, 1.807) is 26.0 Å². The molecule has 7 nitrogen and oxygen atoms in total. The number of hydrogen-bond acceptors (Lipinski definition) is 6. The minimum atomic E-state index is -0.687. The van der Waals surface area contributed by atoms with Crippen LogP contribution < -0.4 is 0 Å². The Hall–Kier alpha value is -1.02. The predicted octanol–water partition coefficient (Wildman–Crippen LogP) is 1.84. The zero-order valence-corrected chi connectivity index (χ0v) is 16.4. The van der Waals surface area contributed by atoms with E-state index in [-0.39, 0.29) is 37.4 Å². The summed E-state index contributed by atoms with van der Waals surface area (Å²) in [6, 6.07) is -0.150. The van der Waals surface area contributed by atoms with E-state index in [2.05, 4.69) is 0 Å². The molecular weight excluding hydrogens is 326 g/mol. The van der Waals surface area contributed by atoms with Crippen LogP contribution in [0.2, 0.25) is 0 Å². The number of hydrogen-bond donors (Lipinski definition) is 0. The number of likely N-dealkylation sites (tertiary alicyclic amines) is 1. The summed E-state index contributed by atoms with van der Waals surface area (Å²) < 4.78 is 20.8. The zero-order valence-electron chi connectivity index (χ0n) is 16.4. The second-order valence-electron chi connectivity index (χ2n) is 7.52. The largest absolute Gasteiger partial charge is 0.359 e. The summed E-state index contributed by atoms with van der Waals surface area (Å²) in [7, 11) is 3.12. The molecule has 0 spiro atoms. The molecule has 1 aliphatic rings. The highest BCUT2D eigenvalue weighted by molar-refractivity contribution is 6.03. The normalized spacial score (nSPS) is 22.2. The molecule has 0 aromatic rings. The van der Waals surface area contributed by atoms with Gasteiger partial charge in [-0.2, -0.15) is 0 Å². The first-order valence-electron chi connectivity index (χ1n) is 8.73. The number of Topliss-reactive ketones (excluding diaryl/α,β-unsaturated/α-hetero) is 1. The fourth-order valence-electron chi connectivity index (χ4n) is 3.17. The summed E-state index contributed by atoms with van der Waals surface area (Å²) in [6.45, 7) is 8.33. The molecule has 0 saturated carbocycles. The third-order valence-corrected chi connectivity index (χ3v) is 4.40. The van der Waals surface area contributed by atoms with Crippen LogP contribution in [0.15, 0.2) is 0 Å².